The summed E-state index contributed by atoms with van der Waals surface area (Å²) in [5.74, 6) is -3.55. The molecule has 5 aliphatic heterocycles. The summed E-state index contributed by atoms with van der Waals surface area (Å²) in [5.41, 5.74) is -0.923. The van der Waals surface area contributed by atoms with E-state index in [1.807, 2.05) is 18.7 Å². The second kappa shape index (κ2) is 22.7. The van der Waals surface area contributed by atoms with Crippen LogP contribution in [0.4, 0.5) is 0 Å². The van der Waals surface area contributed by atoms with E-state index in [4.69, 9.17) is 47.4 Å². The molecule has 0 aromatic rings. The summed E-state index contributed by atoms with van der Waals surface area (Å²) in [6.45, 7) is 12.4. The number of carbonyl (C=O) groups is 3. The van der Waals surface area contributed by atoms with Crippen LogP contribution in [0, 0.1) is 23.7 Å². The Hall–Kier alpha value is -2.01. The fourth-order valence-corrected chi connectivity index (χ4v) is 9.80. The molecule has 0 aromatic carbocycles. The van der Waals surface area contributed by atoms with E-state index in [1.165, 1.54) is 20.3 Å². The van der Waals surface area contributed by atoms with Gasteiger partial charge < -0.3 is 77.5 Å². The van der Waals surface area contributed by atoms with Crippen molar-refractivity contribution in [3.63, 3.8) is 0 Å². The van der Waals surface area contributed by atoms with Crippen molar-refractivity contribution in [2.24, 2.45) is 23.7 Å². The van der Waals surface area contributed by atoms with Crippen molar-refractivity contribution >= 4 is 18.0 Å². The van der Waals surface area contributed by atoms with Crippen LogP contribution >= 0.6 is 0 Å². The summed E-state index contributed by atoms with van der Waals surface area (Å²) < 4.78 is 61.2. The van der Waals surface area contributed by atoms with Gasteiger partial charge in [0.1, 0.15) is 48.5 Å². The number of esters is 1. The number of likely N-dealkylation sites (N-methyl/N-ethyl adjacent to an activating group) is 1. The van der Waals surface area contributed by atoms with Crippen LogP contribution < -0.4 is 0 Å². The lowest BCUT2D eigenvalue weighted by Crippen LogP contribution is -2.64. The number of cyclic esters (lactones) is 1. The van der Waals surface area contributed by atoms with E-state index in [0.717, 1.165) is 6.29 Å². The molecule has 0 spiro atoms. The zero-order valence-electron chi connectivity index (χ0n) is 38.8. The first-order chi connectivity index (χ1) is 29.8. The van der Waals surface area contributed by atoms with E-state index in [-0.39, 0.29) is 25.2 Å². The Labute approximate surface area is 372 Å². The summed E-state index contributed by atoms with van der Waals surface area (Å²) in [4.78, 5) is 41.8. The van der Waals surface area contributed by atoms with Gasteiger partial charge in [-0.05, 0) is 79.1 Å². The number of rotatable bonds is 13. The molecule has 4 saturated heterocycles. The fourth-order valence-electron chi connectivity index (χ4n) is 9.80. The van der Waals surface area contributed by atoms with Gasteiger partial charge in [-0.25, -0.2) is 0 Å². The minimum absolute atomic E-state index is 0.0197. The molecule has 0 radical (unpaired) electrons. The maximum atomic E-state index is 13.8. The maximum Gasteiger partial charge on any atom is 0.308 e. The number of hydrogen-bond acceptors (Lipinski definition) is 18. The number of fused-ring (bicyclic) bond motifs is 1. The number of aliphatic hydroxyl groups is 4. The highest BCUT2D eigenvalue weighted by atomic mass is 16.7. The van der Waals surface area contributed by atoms with E-state index >= 15 is 0 Å². The van der Waals surface area contributed by atoms with E-state index < -0.39 is 146 Å². The largest absolute Gasteiger partial charge is 0.462 e. The van der Waals surface area contributed by atoms with Gasteiger partial charge in [-0.3, -0.25) is 9.59 Å². The third-order valence-electron chi connectivity index (χ3n) is 13.9. The molecule has 5 rings (SSSR count). The van der Waals surface area contributed by atoms with Gasteiger partial charge >= 0.3 is 5.97 Å². The number of ether oxygens (including phenoxy) is 10. The van der Waals surface area contributed by atoms with E-state index in [2.05, 4.69) is 0 Å². The Bertz CT molecular complexity index is 1520. The van der Waals surface area contributed by atoms with E-state index in [9.17, 15) is 34.8 Å². The van der Waals surface area contributed by atoms with Crippen molar-refractivity contribution in [1.29, 1.82) is 0 Å². The van der Waals surface area contributed by atoms with Crippen molar-refractivity contribution < 1.29 is 82.2 Å². The quantitative estimate of drug-likeness (QED) is 0.117. The average molecular weight is 902 g/mol. The van der Waals surface area contributed by atoms with Gasteiger partial charge in [0, 0.05) is 44.8 Å². The smallest absolute Gasteiger partial charge is 0.308 e. The SMILES string of the molecule is CC[C@H]1OC(=O)C[C@@H](O)[C@H](C)[C@@H](OC2OC(C)C(OC3CCC(O)C(C)O3)C(N(C)C)C2O)[C@@H](CC=O)C[C@@H](C)C(=O)/C=C/C2(C)OC2[C@@H]1COC1OC(C)C(O)C(OC)C1OC. The number of allylic oxidation sites excluding steroid dienone is 1. The third-order valence-corrected chi connectivity index (χ3v) is 13.9. The highest BCUT2D eigenvalue weighted by molar-refractivity contribution is 5.91. The van der Waals surface area contributed by atoms with Crippen LogP contribution in [-0.4, -0.2) is 188 Å². The van der Waals surface area contributed by atoms with Gasteiger partial charge in [0.2, 0.25) is 0 Å². The molecule has 15 unspecified atom stereocenters. The summed E-state index contributed by atoms with van der Waals surface area (Å²) in [6.07, 6.45) is -8.32. The molecule has 0 bridgehead atoms. The molecule has 0 aliphatic carbocycles. The van der Waals surface area contributed by atoms with Crippen LogP contribution in [0.25, 0.3) is 0 Å². The fraction of sp³-hybridized carbons (Fsp3) is 0.889. The van der Waals surface area contributed by atoms with Crippen LogP contribution in [0.3, 0.4) is 0 Å². The zero-order valence-corrected chi connectivity index (χ0v) is 38.8. The summed E-state index contributed by atoms with van der Waals surface area (Å²) in [7, 11) is 6.53. The Morgan fingerprint density at radius 1 is 0.841 bits per heavy atom. The summed E-state index contributed by atoms with van der Waals surface area (Å²) >= 11 is 0. The molecular formula is C45H75NO17. The van der Waals surface area contributed by atoms with Gasteiger partial charge in [0.05, 0.1) is 61.8 Å². The molecular weight excluding hydrogens is 826 g/mol. The van der Waals surface area contributed by atoms with Gasteiger partial charge in [-0.1, -0.05) is 20.8 Å². The number of epoxide rings is 1. The van der Waals surface area contributed by atoms with Crippen molar-refractivity contribution in [3.8, 4) is 0 Å². The average Bonchev–Trinajstić information content (AvgIpc) is 3.91. The molecule has 362 valence electrons. The lowest BCUT2D eigenvalue weighted by atomic mass is 9.79. The Morgan fingerprint density at radius 2 is 1.52 bits per heavy atom. The Kier molecular flexibility index (Phi) is 18.7. The number of carbonyl (C=O) groups excluding carboxylic acids is 3. The van der Waals surface area contributed by atoms with Crippen LogP contribution in [-0.2, 0) is 61.8 Å². The molecule has 18 nitrogen and oxygen atoms in total. The molecule has 18 heteroatoms. The molecule has 4 fully saturated rings. The van der Waals surface area contributed by atoms with Crippen molar-refractivity contribution in [2.75, 3.05) is 34.9 Å². The maximum absolute atomic E-state index is 13.8. The first-order valence-corrected chi connectivity index (χ1v) is 22.7. The number of aldehydes is 1. The summed E-state index contributed by atoms with van der Waals surface area (Å²) in [6, 6.07) is -0.653. The zero-order chi connectivity index (χ0) is 46.5. The molecule has 0 amide bonds. The van der Waals surface area contributed by atoms with Gasteiger partial charge in [0.25, 0.3) is 0 Å². The minimum atomic E-state index is -1.35. The molecule has 0 saturated carbocycles. The first-order valence-electron chi connectivity index (χ1n) is 22.7. The lowest BCUT2D eigenvalue weighted by Gasteiger charge is -2.49. The first kappa shape index (κ1) is 52.0. The molecule has 4 N–H and O–H groups in total. The summed E-state index contributed by atoms with van der Waals surface area (Å²) in [5, 5.41) is 44.6. The predicted octanol–water partition coefficient (Wildman–Crippen LogP) is 1.68. The van der Waals surface area contributed by atoms with Gasteiger partial charge in [-0.2, -0.15) is 0 Å². The number of ketones is 1. The number of aliphatic hydroxyl groups excluding tert-OH is 4. The van der Waals surface area contributed by atoms with E-state index in [0.29, 0.717) is 19.3 Å². The number of methoxy groups -OCH3 is 2. The van der Waals surface area contributed by atoms with Crippen LogP contribution in [0.15, 0.2) is 12.2 Å². The molecule has 5 aliphatic rings. The third kappa shape index (κ3) is 12.3. The second-order valence-electron chi connectivity index (χ2n) is 18.7. The van der Waals surface area contributed by atoms with Gasteiger partial charge in [0.15, 0.2) is 24.7 Å². The number of hydrogen-bond donors (Lipinski definition) is 4. The minimum Gasteiger partial charge on any atom is -0.462 e. The monoisotopic (exact) mass is 902 g/mol. The topological polar surface area (TPSA) is 231 Å². The molecule has 5 heterocycles. The van der Waals surface area contributed by atoms with Gasteiger partial charge in [-0.15, -0.1) is 0 Å². The Morgan fingerprint density at radius 3 is 2.14 bits per heavy atom. The van der Waals surface area contributed by atoms with Crippen molar-refractivity contribution in [2.45, 2.75) is 197 Å². The number of nitrogens with zero attached hydrogens (tertiary/aromatic N) is 1. The normalized spacial score (nSPS) is 47.4. The highest BCUT2D eigenvalue weighted by Gasteiger charge is 2.58. The van der Waals surface area contributed by atoms with Crippen molar-refractivity contribution in [1.82, 2.24) is 4.90 Å². The molecule has 63 heavy (non-hydrogen) atoms. The molecule has 22 atom stereocenters. The van der Waals surface area contributed by atoms with Crippen molar-refractivity contribution in [3.05, 3.63) is 12.2 Å². The standard InChI is InChI=1S/C45H75NO17/c1-12-32-28(21-56-44-41(55-11)40(54-10)36(52)25(5)58-44)42-45(7,63-42)17-15-29(48)22(2)19-27(16-18-47)38(23(3)31(50)20-33(51)60-32)62-43-37(53)35(46(8)9)39(26(6)59-43)61-34-14-13-30(49)24(4)57-34/h15,17-18,22-28,30-32,34-44,49-50,52-53H,12-14,16,19-21H2,1-11H3/b17-15+/t22-,23+,24?,25?,26?,27+,28-,30?,31-,32-,34?,35?,36?,37?,38-,39?,40?,41?,42?,43?,44?,45?/m1/s1. The lowest BCUT2D eigenvalue weighted by molar-refractivity contribution is -0.332. The second-order valence-corrected chi connectivity index (χ2v) is 18.7. The van der Waals surface area contributed by atoms with Crippen LogP contribution in [0.2, 0.25) is 0 Å². The Balaban J connectivity index is 1.40. The van der Waals surface area contributed by atoms with Crippen LogP contribution in [0.5, 0.6) is 0 Å². The van der Waals surface area contributed by atoms with Crippen LogP contribution in [0.1, 0.15) is 87.0 Å². The van der Waals surface area contributed by atoms with E-state index in [1.54, 1.807) is 54.8 Å². The highest BCUT2D eigenvalue weighted by Crippen LogP contribution is 2.46. The molecule has 0 aromatic heterocycles. The predicted molar refractivity (Wildman–Crippen MR) is 224 cm³/mol.